The van der Waals surface area contributed by atoms with Crippen LogP contribution in [0, 0.1) is 0 Å². The fraction of sp³-hybridized carbons (Fsp3) is 0.515. The Morgan fingerprint density at radius 2 is 0.239 bits per heavy atom. The van der Waals surface area contributed by atoms with Crippen molar-refractivity contribution < 1.29 is 28.4 Å². The van der Waals surface area contributed by atoms with Gasteiger partial charge in [-0.2, -0.15) is 0 Å². The number of hydrogen-bond acceptors (Lipinski definition) is 6. The summed E-state index contributed by atoms with van der Waals surface area (Å²) >= 11 is 0. The van der Waals surface area contributed by atoms with E-state index in [0.717, 1.165) is 151 Å². The summed E-state index contributed by atoms with van der Waals surface area (Å²) in [5.74, 6) is 6.04. The predicted molar refractivity (Wildman–Crippen MR) is 628 cm³/mol. The minimum absolute atomic E-state index is 0.813. The summed E-state index contributed by atoms with van der Waals surface area (Å²) in [5.41, 5.74) is 23.1. The van der Waals surface area contributed by atoms with Gasteiger partial charge in [0.2, 0.25) is 0 Å². The lowest BCUT2D eigenvalue weighted by Gasteiger charge is -2.06. The molecule has 786 valence electrons. The van der Waals surface area contributed by atoms with Crippen molar-refractivity contribution in [3.63, 3.8) is 0 Å². The molecular formula is C136H206O6. The molecule has 0 unspecified atom stereocenters. The first-order valence-electron chi connectivity index (χ1n) is 57.2. The third kappa shape index (κ3) is 70.0. The highest BCUT2D eigenvalue weighted by molar-refractivity contribution is 5.35. The second-order valence-corrected chi connectivity index (χ2v) is 37.3. The maximum atomic E-state index is 5.58. The molecule has 0 atom stereocenters. The molecule has 0 radical (unpaired) electrons. The number of rotatable bonds is 54. The molecule has 11 aromatic rings. The molecule has 0 N–H and O–H groups in total. The van der Waals surface area contributed by atoms with Crippen LogP contribution in [0.1, 0.15) is 408 Å². The zero-order chi connectivity index (χ0) is 104. The van der Waals surface area contributed by atoms with Crippen LogP contribution in [0.15, 0.2) is 267 Å². The smallest absolute Gasteiger partial charge is 0.119 e. The van der Waals surface area contributed by atoms with Crippen molar-refractivity contribution in [1.29, 1.82) is 0 Å². The van der Waals surface area contributed by atoms with E-state index in [0.29, 0.717) is 0 Å². The third-order valence-electron chi connectivity index (χ3n) is 23.5. The molecule has 0 bridgehead atoms. The molecule has 0 aliphatic heterocycles. The fourth-order valence-electron chi connectivity index (χ4n) is 15.2. The molecular weight excluding hydrogens is 1730 g/mol. The summed E-state index contributed by atoms with van der Waals surface area (Å²) in [4.78, 5) is 0. The van der Waals surface area contributed by atoms with Gasteiger partial charge in [0.05, 0.1) is 39.6 Å². The molecule has 11 aromatic carbocycles. The summed E-state index contributed by atoms with van der Waals surface area (Å²) < 4.78 is 33.2. The molecule has 0 saturated heterocycles. The first-order chi connectivity index (χ1) is 69.5. The minimum atomic E-state index is 0.813. The Labute approximate surface area is 874 Å². The minimum Gasteiger partial charge on any atom is -0.494 e. The zero-order valence-electron chi connectivity index (χ0n) is 94.8. The van der Waals surface area contributed by atoms with Crippen LogP contribution in [-0.4, -0.2) is 39.6 Å². The van der Waals surface area contributed by atoms with E-state index in [-0.39, 0.29) is 0 Å². The van der Waals surface area contributed by atoms with Crippen molar-refractivity contribution in [3.05, 3.63) is 356 Å². The van der Waals surface area contributed by atoms with E-state index in [1.165, 1.54) is 282 Å². The maximum absolute atomic E-state index is 5.58. The van der Waals surface area contributed by atoms with Gasteiger partial charge >= 0.3 is 0 Å². The molecule has 0 saturated carbocycles. The van der Waals surface area contributed by atoms with Gasteiger partial charge in [0.25, 0.3) is 0 Å². The average molecular weight is 1940 g/mol. The van der Waals surface area contributed by atoms with E-state index in [1.54, 1.807) is 0 Å². The molecule has 6 heteroatoms. The first-order valence-corrected chi connectivity index (χ1v) is 57.2. The van der Waals surface area contributed by atoms with Gasteiger partial charge in [0.15, 0.2) is 0 Å². The van der Waals surface area contributed by atoms with E-state index >= 15 is 0 Å². The second-order valence-electron chi connectivity index (χ2n) is 37.3. The van der Waals surface area contributed by atoms with Crippen LogP contribution >= 0.6 is 0 Å². The normalized spacial score (nSPS) is 10.1. The van der Waals surface area contributed by atoms with Crippen LogP contribution < -0.4 is 28.4 Å². The maximum Gasteiger partial charge on any atom is 0.119 e. The molecule has 0 spiro atoms. The van der Waals surface area contributed by atoms with Crippen molar-refractivity contribution in [1.82, 2.24) is 0 Å². The molecule has 142 heavy (non-hydrogen) atoms. The highest BCUT2D eigenvalue weighted by atomic mass is 16.5. The van der Waals surface area contributed by atoms with E-state index in [1.807, 2.05) is 48.5 Å². The predicted octanol–water partition coefficient (Wildman–Crippen LogP) is 40.1. The van der Waals surface area contributed by atoms with Gasteiger partial charge < -0.3 is 28.4 Å². The van der Waals surface area contributed by atoms with Crippen molar-refractivity contribution in [3.8, 4) is 34.5 Å². The van der Waals surface area contributed by atoms with Crippen molar-refractivity contribution in [2.45, 2.75) is 422 Å². The van der Waals surface area contributed by atoms with Gasteiger partial charge in [-0.1, -0.05) is 423 Å². The molecule has 0 fully saturated rings. The number of unbranched alkanes of at least 4 members (excludes halogenated alkanes) is 8. The van der Waals surface area contributed by atoms with Gasteiger partial charge in [-0.3, -0.25) is 0 Å². The molecule has 11 rings (SSSR count). The van der Waals surface area contributed by atoms with Crippen LogP contribution in [0.4, 0.5) is 0 Å². The Morgan fingerprint density at radius 1 is 0.120 bits per heavy atom. The summed E-state index contributed by atoms with van der Waals surface area (Å²) in [5, 5.41) is 0. The highest BCUT2D eigenvalue weighted by Gasteiger charge is 2.06. The molecule has 0 aliphatic rings. The lowest BCUT2D eigenvalue weighted by molar-refractivity contribution is 0.317. The Morgan fingerprint density at radius 3 is 0.387 bits per heavy atom. The average Bonchev–Trinajstić information content (AvgIpc) is 0.900. The van der Waals surface area contributed by atoms with Gasteiger partial charge in [-0.15, -0.1) is 0 Å². The second kappa shape index (κ2) is 93.6. The lowest BCUT2D eigenvalue weighted by Crippen LogP contribution is -1.95. The number of ether oxygens (including phenoxy) is 6. The summed E-state index contributed by atoms with van der Waals surface area (Å²) in [6.07, 6.45) is 50.9. The first kappa shape index (κ1) is 130. The molecule has 6 nitrogen and oxygen atoms in total. The van der Waals surface area contributed by atoms with Crippen LogP contribution in [0.3, 0.4) is 0 Å². The number of hydrogen-bond donors (Lipinski definition) is 0. The van der Waals surface area contributed by atoms with E-state index in [9.17, 15) is 0 Å². The zero-order valence-corrected chi connectivity index (χ0v) is 94.8. The highest BCUT2D eigenvalue weighted by Crippen LogP contribution is 2.23. The summed E-state index contributed by atoms with van der Waals surface area (Å²) in [6.45, 7) is 53.1. The van der Waals surface area contributed by atoms with Crippen molar-refractivity contribution in [2.24, 2.45) is 0 Å². The van der Waals surface area contributed by atoms with Gasteiger partial charge in [-0.25, -0.2) is 0 Å². The van der Waals surface area contributed by atoms with E-state index in [4.69, 9.17) is 28.4 Å². The number of benzene rings is 11. The largest absolute Gasteiger partial charge is 0.494 e. The Hall–Kier alpha value is -9.78. The van der Waals surface area contributed by atoms with E-state index < -0.39 is 0 Å². The Balaban J connectivity index is 0.000000781. The third-order valence-corrected chi connectivity index (χ3v) is 23.5. The monoisotopic (exact) mass is 1940 g/mol. The fourth-order valence-corrected chi connectivity index (χ4v) is 15.2. The van der Waals surface area contributed by atoms with Crippen LogP contribution in [0.5, 0.6) is 34.5 Å². The van der Waals surface area contributed by atoms with Crippen molar-refractivity contribution >= 4 is 0 Å². The molecule has 0 aliphatic carbocycles. The van der Waals surface area contributed by atoms with Crippen LogP contribution in [0.2, 0.25) is 0 Å². The van der Waals surface area contributed by atoms with Gasteiger partial charge in [0, 0.05) is 0 Å². The molecule has 0 aromatic heterocycles. The Kier molecular flexibility index (Phi) is 85.8. The lowest BCUT2D eigenvalue weighted by atomic mass is 10.0. The SMILES string of the molecule is CCCCc1cccc(CC)c1.CCCCc1cccc(CC)c1.CCCCc1cccc(CCC)c1.CCCCc1cccc(CCC)c1.CCCCc1cccc(CCCC)c1.CCCCc1cccc(OCCC)c1.CCCCc1cccc(OCCC)c1.CCCOc1cccc(CC)c1.CCCOc1cccc(CC)c1.CCCOc1cccc(CCC)c1.CCCOc1cccc(CCC)c1. The Bertz CT molecular complexity index is 4040. The van der Waals surface area contributed by atoms with Crippen LogP contribution in [0.25, 0.3) is 0 Å². The van der Waals surface area contributed by atoms with Gasteiger partial charge in [-0.05, 0) is 354 Å². The summed E-state index contributed by atoms with van der Waals surface area (Å²) in [6, 6.07) is 95.2. The quantitative estimate of drug-likeness (QED) is 0.0379. The van der Waals surface area contributed by atoms with Gasteiger partial charge in [0.1, 0.15) is 34.5 Å². The number of aryl methyl sites for hydroxylation is 16. The standard InChI is InChI=1S/C14H22.2C13H20O.2C13H20.2C12H18O.2C12H18.2C11H16O/c1-3-5-8-13-10-7-11-14(12-13)9-6-4-2;2*1-3-5-7-12-8-6-9-13(11-12)14-10-4-2;2*1-3-5-8-13-10-6-9-12(11-13)7-4-2;2*1-3-6-11-7-5-8-12(10-11)13-9-4-2;2*1-3-5-7-12-9-6-8-11(4-2)10-12;2*1-3-8-12-11-7-5-6-10(4-2)9-11/h7,10-12H,3-6,8-9H2,1-2H3;2*6,8-9,11H,3-5,7,10H2,1-2H3;2*6,9-11H,3-5,7-8H2,1-2H3;2*5,7-8,10H,3-4,6,9H2,1-2H3;2*6,8-10H,3-5,7H2,1-2H3;2*5-7,9H,3-4,8H2,1-2H3. The van der Waals surface area contributed by atoms with E-state index in [2.05, 4.69) is 371 Å². The topological polar surface area (TPSA) is 55.4 Å². The molecule has 0 amide bonds. The molecule has 0 heterocycles. The summed E-state index contributed by atoms with van der Waals surface area (Å²) in [7, 11) is 0. The van der Waals surface area contributed by atoms with Crippen LogP contribution in [-0.2, 0) is 103 Å². The van der Waals surface area contributed by atoms with Crippen molar-refractivity contribution in [2.75, 3.05) is 39.6 Å².